The second-order valence-corrected chi connectivity index (χ2v) is 7.70. The number of thiophene rings is 1. The Labute approximate surface area is 149 Å². The quantitative estimate of drug-likeness (QED) is 0.675. The molecule has 7 nitrogen and oxygen atoms in total. The zero-order valence-corrected chi connectivity index (χ0v) is 14.6. The molecule has 4 rings (SSSR count). The van der Waals surface area contributed by atoms with Gasteiger partial charge in [-0.1, -0.05) is 6.92 Å². The second kappa shape index (κ2) is 5.85. The van der Waals surface area contributed by atoms with Crippen LogP contribution in [0.25, 0.3) is 15.7 Å². The van der Waals surface area contributed by atoms with Gasteiger partial charge in [-0.2, -0.15) is 0 Å². The number of aromatic nitrogens is 3. The third-order valence-corrected chi connectivity index (χ3v) is 5.41. The number of carbonyl (C=O) groups is 1. The van der Waals surface area contributed by atoms with E-state index in [0.717, 1.165) is 9.08 Å². The number of aliphatic hydroxyl groups is 1. The van der Waals surface area contributed by atoms with Crippen LogP contribution in [0.1, 0.15) is 32.0 Å². The third kappa shape index (κ3) is 2.69. The molecule has 0 saturated heterocycles. The standard InChI is InChI=1S/C16H16F2N4O3S/c1-8-5-16(25,6-8)19-12(23)7-21-15(24)10-4-11-9(2-3-26-11)22(10)14(20-21)13(17)18/h2-4,8,13,25H,5-7H2,1H3,(H,19,23). The maximum Gasteiger partial charge on any atom is 0.297 e. The van der Waals surface area contributed by atoms with Gasteiger partial charge in [0.15, 0.2) is 0 Å². The second-order valence-electron chi connectivity index (χ2n) is 6.75. The molecule has 1 aliphatic rings. The van der Waals surface area contributed by atoms with Crippen molar-refractivity contribution in [1.82, 2.24) is 19.5 Å². The van der Waals surface area contributed by atoms with Gasteiger partial charge in [-0.15, -0.1) is 16.4 Å². The average molecular weight is 382 g/mol. The van der Waals surface area contributed by atoms with E-state index >= 15 is 0 Å². The molecule has 1 saturated carbocycles. The average Bonchev–Trinajstić information content (AvgIpc) is 3.09. The van der Waals surface area contributed by atoms with Crippen LogP contribution >= 0.6 is 11.3 Å². The van der Waals surface area contributed by atoms with Gasteiger partial charge in [0.2, 0.25) is 11.7 Å². The Morgan fingerprint density at radius 2 is 2.23 bits per heavy atom. The molecule has 26 heavy (non-hydrogen) atoms. The monoisotopic (exact) mass is 382 g/mol. The van der Waals surface area contributed by atoms with Gasteiger partial charge in [0.25, 0.3) is 12.0 Å². The number of halogens is 2. The molecule has 138 valence electrons. The largest absolute Gasteiger partial charge is 0.371 e. The Kier molecular flexibility index (Phi) is 3.85. The van der Waals surface area contributed by atoms with E-state index in [1.165, 1.54) is 17.4 Å². The van der Waals surface area contributed by atoms with Gasteiger partial charge in [-0.3, -0.25) is 14.0 Å². The molecular formula is C16H16F2N4O3S. The highest BCUT2D eigenvalue weighted by Crippen LogP contribution is 2.34. The van der Waals surface area contributed by atoms with Gasteiger partial charge in [0.05, 0.1) is 10.2 Å². The first-order valence-corrected chi connectivity index (χ1v) is 8.96. The molecule has 0 aromatic carbocycles. The number of amides is 1. The minimum absolute atomic E-state index is 0.0425. The maximum atomic E-state index is 13.5. The lowest BCUT2D eigenvalue weighted by Crippen LogP contribution is -2.57. The van der Waals surface area contributed by atoms with Crippen LogP contribution in [0.2, 0.25) is 0 Å². The fraction of sp³-hybridized carbons (Fsp3) is 0.438. The number of alkyl halides is 2. The molecule has 3 heterocycles. The van der Waals surface area contributed by atoms with Crippen LogP contribution in [0, 0.1) is 5.92 Å². The van der Waals surface area contributed by atoms with Crippen molar-refractivity contribution < 1.29 is 18.7 Å². The van der Waals surface area contributed by atoms with Crippen molar-refractivity contribution in [2.45, 2.75) is 38.5 Å². The number of nitrogens with one attached hydrogen (secondary N) is 1. The van der Waals surface area contributed by atoms with Crippen LogP contribution in [-0.2, 0) is 11.3 Å². The van der Waals surface area contributed by atoms with E-state index in [1.807, 2.05) is 6.92 Å². The van der Waals surface area contributed by atoms with E-state index < -0.39 is 36.0 Å². The highest BCUT2D eigenvalue weighted by molar-refractivity contribution is 7.17. The van der Waals surface area contributed by atoms with Crippen molar-refractivity contribution in [3.05, 3.63) is 33.7 Å². The fourth-order valence-corrected chi connectivity index (χ4v) is 4.36. The van der Waals surface area contributed by atoms with Crippen molar-refractivity contribution in [2.75, 3.05) is 0 Å². The number of carbonyl (C=O) groups excluding carboxylic acids is 1. The molecule has 3 aromatic rings. The van der Waals surface area contributed by atoms with Gasteiger partial charge in [0.1, 0.15) is 17.8 Å². The van der Waals surface area contributed by atoms with E-state index in [-0.39, 0.29) is 11.4 Å². The summed E-state index contributed by atoms with van der Waals surface area (Å²) in [5.74, 6) is -0.958. The van der Waals surface area contributed by atoms with Gasteiger partial charge >= 0.3 is 0 Å². The lowest BCUT2D eigenvalue weighted by Gasteiger charge is -2.42. The lowest BCUT2D eigenvalue weighted by molar-refractivity contribution is -0.141. The Balaban J connectivity index is 1.72. The zero-order valence-electron chi connectivity index (χ0n) is 13.8. The van der Waals surface area contributed by atoms with E-state index in [0.29, 0.717) is 23.1 Å². The van der Waals surface area contributed by atoms with Gasteiger partial charge in [-0.05, 0) is 36.3 Å². The number of hydrogen-bond acceptors (Lipinski definition) is 5. The fourth-order valence-electron chi connectivity index (χ4n) is 3.55. The smallest absolute Gasteiger partial charge is 0.297 e. The minimum Gasteiger partial charge on any atom is -0.371 e. The predicted molar refractivity (Wildman–Crippen MR) is 91.3 cm³/mol. The molecular weight excluding hydrogens is 366 g/mol. The van der Waals surface area contributed by atoms with Gasteiger partial charge in [0, 0.05) is 0 Å². The molecule has 0 spiro atoms. The van der Waals surface area contributed by atoms with Gasteiger partial charge in [-0.25, -0.2) is 13.5 Å². The molecule has 0 atom stereocenters. The highest BCUT2D eigenvalue weighted by atomic mass is 32.1. The summed E-state index contributed by atoms with van der Waals surface area (Å²) in [7, 11) is 0. The molecule has 1 aliphatic carbocycles. The van der Waals surface area contributed by atoms with Crippen LogP contribution in [0.4, 0.5) is 8.78 Å². The molecule has 0 radical (unpaired) electrons. The summed E-state index contributed by atoms with van der Waals surface area (Å²) in [6, 6.07) is 3.16. The van der Waals surface area contributed by atoms with Crippen LogP contribution in [0.5, 0.6) is 0 Å². The molecule has 0 bridgehead atoms. The SMILES string of the molecule is CC1CC(O)(NC(=O)Cn2nc(C(F)F)n3c(cc4sccc43)c2=O)C1. The normalized spacial score (nSPS) is 22.9. The summed E-state index contributed by atoms with van der Waals surface area (Å²) in [5, 5.41) is 18.0. The van der Waals surface area contributed by atoms with E-state index in [9.17, 15) is 23.5 Å². The van der Waals surface area contributed by atoms with Crippen molar-refractivity contribution >= 4 is 33.0 Å². The van der Waals surface area contributed by atoms with Crippen molar-refractivity contribution in [1.29, 1.82) is 0 Å². The Hall–Kier alpha value is -2.33. The number of hydrogen-bond donors (Lipinski definition) is 2. The van der Waals surface area contributed by atoms with Crippen LogP contribution in [0.3, 0.4) is 0 Å². The van der Waals surface area contributed by atoms with E-state index in [1.54, 1.807) is 11.4 Å². The number of nitrogens with zero attached hydrogens (tertiary/aromatic N) is 3. The molecule has 1 fully saturated rings. The van der Waals surface area contributed by atoms with Crippen molar-refractivity contribution in [3.8, 4) is 0 Å². The van der Waals surface area contributed by atoms with Crippen LogP contribution in [0.15, 0.2) is 22.3 Å². The molecule has 3 aromatic heterocycles. The van der Waals surface area contributed by atoms with E-state index in [2.05, 4.69) is 10.4 Å². The molecule has 1 amide bonds. The summed E-state index contributed by atoms with van der Waals surface area (Å²) >= 11 is 1.33. The van der Waals surface area contributed by atoms with Crippen LogP contribution in [-0.4, -0.2) is 30.9 Å². The maximum absolute atomic E-state index is 13.5. The summed E-state index contributed by atoms with van der Waals surface area (Å²) < 4.78 is 29.5. The summed E-state index contributed by atoms with van der Waals surface area (Å²) in [6.07, 6.45) is -2.09. The van der Waals surface area contributed by atoms with Gasteiger partial charge < -0.3 is 10.4 Å². The predicted octanol–water partition coefficient (Wildman–Crippen LogP) is 1.88. The van der Waals surface area contributed by atoms with Crippen molar-refractivity contribution in [2.24, 2.45) is 5.92 Å². The summed E-state index contributed by atoms with van der Waals surface area (Å²) in [5.41, 5.74) is -1.41. The topological polar surface area (TPSA) is 88.6 Å². The Bertz CT molecular complexity index is 1060. The Morgan fingerprint density at radius 3 is 2.88 bits per heavy atom. The first kappa shape index (κ1) is 17.1. The first-order chi connectivity index (χ1) is 12.3. The number of rotatable bonds is 4. The number of fused-ring (bicyclic) bond motifs is 3. The lowest BCUT2D eigenvalue weighted by atomic mass is 9.78. The molecule has 0 aliphatic heterocycles. The highest BCUT2D eigenvalue weighted by Gasteiger charge is 2.41. The third-order valence-electron chi connectivity index (χ3n) is 4.56. The minimum atomic E-state index is -2.92. The first-order valence-electron chi connectivity index (χ1n) is 8.08. The molecule has 0 unspecified atom stereocenters. The summed E-state index contributed by atoms with van der Waals surface area (Å²) in [4.78, 5) is 24.8. The molecule has 2 N–H and O–H groups in total. The molecule has 10 heteroatoms. The Morgan fingerprint density at radius 1 is 1.50 bits per heavy atom. The zero-order chi connectivity index (χ0) is 18.6. The van der Waals surface area contributed by atoms with Crippen LogP contribution < -0.4 is 10.9 Å². The van der Waals surface area contributed by atoms with E-state index in [4.69, 9.17) is 0 Å². The van der Waals surface area contributed by atoms with Crippen molar-refractivity contribution in [3.63, 3.8) is 0 Å². The summed E-state index contributed by atoms with van der Waals surface area (Å²) in [6.45, 7) is 1.40.